The fraction of sp³-hybridized carbons (Fsp3) is 0.150. The molecule has 0 radical (unpaired) electrons. The summed E-state index contributed by atoms with van der Waals surface area (Å²) in [6.45, 7) is 0. The first-order valence-electron chi connectivity index (χ1n) is 8.53. The molecule has 0 aliphatic heterocycles. The third-order valence-electron chi connectivity index (χ3n) is 4.43. The summed E-state index contributed by atoms with van der Waals surface area (Å²) in [5, 5.41) is 2.48. The molecule has 7 heteroatoms. The second kappa shape index (κ2) is 7.70. The number of aromatic nitrogens is 3. The third kappa shape index (κ3) is 3.70. The maximum Gasteiger partial charge on any atom is 0.161 e. The van der Waals surface area contributed by atoms with Crippen LogP contribution in [0.3, 0.4) is 0 Å². The highest BCUT2D eigenvalue weighted by Crippen LogP contribution is 2.32. The van der Waals surface area contributed by atoms with Crippen molar-refractivity contribution in [2.75, 3.05) is 0 Å². The number of hydrogen-bond donors (Lipinski definition) is 2. The van der Waals surface area contributed by atoms with Gasteiger partial charge in [0.25, 0.3) is 0 Å². The summed E-state index contributed by atoms with van der Waals surface area (Å²) >= 11 is 7.86. The molecule has 0 aliphatic rings. The van der Waals surface area contributed by atoms with Gasteiger partial charge in [-0.15, -0.1) is 11.3 Å². The largest absolute Gasteiger partial charge is 0.326 e. The van der Waals surface area contributed by atoms with Gasteiger partial charge in [0.1, 0.15) is 0 Å². The van der Waals surface area contributed by atoms with Crippen molar-refractivity contribution >= 4 is 33.2 Å². The summed E-state index contributed by atoms with van der Waals surface area (Å²) in [5.74, 6) is 0.533. The van der Waals surface area contributed by atoms with Crippen LogP contribution in [0, 0.1) is 0 Å². The molecule has 1 aromatic carbocycles. The number of thiophene rings is 1. The Kier molecular flexibility index (Phi) is 5.13. The number of pyridine rings is 1. The summed E-state index contributed by atoms with van der Waals surface area (Å²) in [4.78, 5) is 13.4. The van der Waals surface area contributed by atoms with Crippen molar-refractivity contribution in [3.63, 3.8) is 0 Å². The predicted molar refractivity (Wildman–Crippen MR) is 111 cm³/mol. The Morgan fingerprint density at radius 2 is 1.85 bits per heavy atom. The van der Waals surface area contributed by atoms with E-state index >= 15 is 0 Å². The van der Waals surface area contributed by atoms with E-state index in [0.717, 1.165) is 27.0 Å². The van der Waals surface area contributed by atoms with Crippen LogP contribution in [0.1, 0.15) is 17.3 Å². The summed E-state index contributed by atoms with van der Waals surface area (Å²) < 4.78 is 0.958. The van der Waals surface area contributed by atoms with E-state index in [1.807, 2.05) is 29.6 Å². The molecule has 0 fully saturated rings. The number of rotatable bonds is 5. The first-order chi connectivity index (χ1) is 13.1. The lowest BCUT2D eigenvalue weighted by Gasteiger charge is -2.20. The average molecular weight is 396 g/mol. The Hall–Kier alpha value is -2.38. The van der Waals surface area contributed by atoms with E-state index in [0.29, 0.717) is 17.3 Å². The van der Waals surface area contributed by atoms with Gasteiger partial charge in [-0.1, -0.05) is 41.9 Å². The molecule has 3 heterocycles. The predicted octanol–water partition coefficient (Wildman–Crippen LogP) is 3.98. The van der Waals surface area contributed by atoms with Crippen LogP contribution in [-0.2, 0) is 6.42 Å². The lowest BCUT2D eigenvalue weighted by atomic mass is 9.98. The molecule has 0 aliphatic carbocycles. The number of nitrogens with two attached hydrogens (primary N) is 2. The van der Waals surface area contributed by atoms with Gasteiger partial charge >= 0.3 is 0 Å². The van der Waals surface area contributed by atoms with Crippen LogP contribution >= 0.6 is 22.9 Å². The normalized spacial score (nSPS) is 13.6. The van der Waals surface area contributed by atoms with E-state index in [1.165, 1.54) is 0 Å². The molecule has 2 unspecified atom stereocenters. The summed E-state index contributed by atoms with van der Waals surface area (Å²) in [7, 11) is 0. The van der Waals surface area contributed by atoms with Crippen molar-refractivity contribution in [1.82, 2.24) is 15.0 Å². The van der Waals surface area contributed by atoms with E-state index in [2.05, 4.69) is 22.1 Å². The number of hydrogen-bond acceptors (Lipinski definition) is 6. The maximum atomic E-state index is 6.54. The van der Waals surface area contributed by atoms with Crippen molar-refractivity contribution in [2.24, 2.45) is 11.5 Å². The molecular weight excluding hydrogens is 378 g/mol. The van der Waals surface area contributed by atoms with Crippen LogP contribution < -0.4 is 11.5 Å². The number of halogens is 1. The van der Waals surface area contributed by atoms with Gasteiger partial charge in [0, 0.05) is 24.0 Å². The molecule has 3 aromatic heterocycles. The Labute approximate surface area is 166 Å². The van der Waals surface area contributed by atoms with E-state index in [9.17, 15) is 0 Å². The third-order valence-corrected chi connectivity index (χ3v) is 5.66. The fourth-order valence-corrected chi connectivity index (χ4v) is 4.08. The van der Waals surface area contributed by atoms with E-state index in [1.54, 1.807) is 29.8 Å². The molecule has 0 bridgehead atoms. The Balaban J connectivity index is 1.74. The Morgan fingerprint density at radius 1 is 1.04 bits per heavy atom. The summed E-state index contributed by atoms with van der Waals surface area (Å²) in [5.41, 5.74) is 16.5. The van der Waals surface area contributed by atoms with Crippen LogP contribution in [0.15, 0.2) is 60.2 Å². The van der Waals surface area contributed by atoms with Crippen molar-refractivity contribution in [2.45, 2.75) is 18.5 Å². The minimum absolute atomic E-state index is 0.270. The lowest BCUT2D eigenvalue weighted by molar-refractivity contribution is 0.537. The molecule has 0 saturated carbocycles. The molecule has 4 N–H and O–H groups in total. The monoisotopic (exact) mass is 395 g/mol. The minimum atomic E-state index is -0.422. The molecule has 0 saturated heterocycles. The van der Waals surface area contributed by atoms with Crippen molar-refractivity contribution < 1.29 is 0 Å². The molecule has 0 amide bonds. The van der Waals surface area contributed by atoms with Gasteiger partial charge in [0.05, 0.1) is 27.0 Å². The zero-order valence-electron chi connectivity index (χ0n) is 14.4. The molecule has 27 heavy (non-hydrogen) atoms. The molecule has 2 atom stereocenters. The van der Waals surface area contributed by atoms with Crippen molar-refractivity contribution in [1.29, 1.82) is 0 Å². The molecule has 4 aromatic rings. The minimum Gasteiger partial charge on any atom is -0.326 e. The second-order valence-electron chi connectivity index (χ2n) is 6.30. The smallest absolute Gasteiger partial charge is 0.161 e. The summed E-state index contributed by atoms with van der Waals surface area (Å²) in [6.07, 6.45) is 3.92. The second-order valence-corrected chi connectivity index (χ2v) is 7.63. The highest BCUT2D eigenvalue weighted by atomic mass is 35.5. The van der Waals surface area contributed by atoms with Crippen LogP contribution in [0.2, 0.25) is 5.02 Å². The highest BCUT2D eigenvalue weighted by molar-refractivity contribution is 7.17. The first kappa shape index (κ1) is 18.0. The van der Waals surface area contributed by atoms with Gasteiger partial charge in [0.15, 0.2) is 5.82 Å². The maximum absolute atomic E-state index is 6.54. The van der Waals surface area contributed by atoms with Gasteiger partial charge in [-0.3, -0.25) is 4.98 Å². The number of benzene rings is 1. The lowest BCUT2D eigenvalue weighted by Crippen LogP contribution is -2.36. The Bertz CT molecular complexity index is 1070. The van der Waals surface area contributed by atoms with Crippen molar-refractivity contribution in [3.05, 3.63) is 76.5 Å². The van der Waals surface area contributed by atoms with Gasteiger partial charge < -0.3 is 11.5 Å². The first-order valence-corrected chi connectivity index (χ1v) is 9.79. The quantitative estimate of drug-likeness (QED) is 0.533. The van der Waals surface area contributed by atoms with Gasteiger partial charge in [-0.2, -0.15) is 0 Å². The zero-order chi connectivity index (χ0) is 18.8. The van der Waals surface area contributed by atoms with Crippen molar-refractivity contribution in [3.8, 4) is 11.4 Å². The van der Waals surface area contributed by atoms with E-state index < -0.39 is 6.04 Å². The fourth-order valence-electron chi connectivity index (χ4n) is 3.01. The topological polar surface area (TPSA) is 90.7 Å². The number of nitrogens with zero attached hydrogens (tertiary/aromatic N) is 3. The highest BCUT2D eigenvalue weighted by Gasteiger charge is 2.22. The van der Waals surface area contributed by atoms with Gasteiger partial charge in [-0.25, -0.2) is 9.97 Å². The summed E-state index contributed by atoms with van der Waals surface area (Å²) in [6, 6.07) is 13.2. The molecule has 4 rings (SSSR count). The standard InChI is InChI=1S/C20H18ClN5S/c21-14-11-24-8-6-13(14)20-25-16-7-9-27-19(16)18(26-20)17(23)15(22)10-12-4-2-1-3-5-12/h1-9,11,15,17H,10,22-23H2. The van der Waals surface area contributed by atoms with Crippen LogP contribution in [0.4, 0.5) is 0 Å². The number of fused-ring (bicyclic) bond motifs is 1. The molecular formula is C20H18ClN5S. The Morgan fingerprint density at radius 3 is 2.63 bits per heavy atom. The molecule has 136 valence electrons. The molecule has 5 nitrogen and oxygen atoms in total. The SMILES string of the molecule is NC(Cc1ccccc1)C(N)c1nc(-c2ccncc2Cl)nc2ccsc12. The van der Waals surface area contributed by atoms with Gasteiger partial charge in [-0.05, 0) is 29.5 Å². The zero-order valence-corrected chi connectivity index (χ0v) is 16.0. The average Bonchev–Trinajstić information content (AvgIpc) is 3.16. The van der Waals surface area contributed by atoms with E-state index in [-0.39, 0.29) is 6.04 Å². The van der Waals surface area contributed by atoms with Crippen LogP contribution in [-0.4, -0.2) is 21.0 Å². The van der Waals surface area contributed by atoms with Gasteiger partial charge in [0.2, 0.25) is 0 Å². The van der Waals surface area contributed by atoms with Crippen LogP contribution in [0.5, 0.6) is 0 Å². The molecule has 0 spiro atoms. The van der Waals surface area contributed by atoms with Crippen LogP contribution in [0.25, 0.3) is 21.6 Å². The van der Waals surface area contributed by atoms with E-state index in [4.69, 9.17) is 28.1 Å².